The van der Waals surface area contributed by atoms with Crippen LogP contribution in [0.25, 0.3) is 0 Å². The molecule has 5 N–H and O–H groups in total. The Morgan fingerprint density at radius 1 is 1.13 bits per heavy atom. The maximum absolute atomic E-state index is 10.5. The Bertz CT molecular complexity index is 949. The molecule has 2 aromatic carbocycles. The number of nitrogens with one attached hydrogen (secondary N) is 1. The van der Waals surface area contributed by atoms with Crippen LogP contribution in [0.1, 0.15) is 36.6 Å². The van der Waals surface area contributed by atoms with E-state index in [2.05, 4.69) is 5.32 Å². The number of rotatable bonds is 3. The van der Waals surface area contributed by atoms with Gasteiger partial charge >= 0.3 is 0 Å². The van der Waals surface area contributed by atoms with E-state index in [0.29, 0.717) is 23.6 Å². The van der Waals surface area contributed by atoms with Crippen LogP contribution < -0.4 is 10.1 Å². The van der Waals surface area contributed by atoms with E-state index in [1.165, 1.54) is 6.07 Å². The van der Waals surface area contributed by atoms with Crippen molar-refractivity contribution in [2.75, 3.05) is 18.5 Å². The lowest BCUT2D eigenvalue weighted by Crippen LogP contribution is -2.58. The number of hydrogen-bond acceptors (Lipinski definition) is 7. The minimum Gasteiger partial charge on any atom is -0.508 e. The number of anilines is 1. The van der Waals surface area contributed by atoms with Gasteiger partial charge in [0.25, 0.3) is 0 Å². The van der Waals surface area contributed by atoms with E-state index in [1.54, 1.807) is 19.9 Å². The Balaban J connectivity index is 1.66. The first-order chi connectivity index (χ1) is 14.2. The number of aromatic hydroxyl groups is 1. The van der Waals surface area contributed by atoms with Crippen LogP contribution in [-0.4, -0.2) is 57.5 Å². The Hall–Kier alpha value is -2.03. The van der Waals surface area contributed by atoms with Crippen LogP contribution in [0, 0.1) is 0 Å². The second kappa shape index (κ2) is 7.90. The number of aliphatic hydroxyl groups is 3. The number of phenols is 1. The van der Waals surface area contributed by atoms with Gasteiger partial charge in [0.2, 0.25) is 0 Å². The molecular weight excluding hydrogens is 410 g/mol. The lowest BCUT2D eigenvalue weighted by Gasteiger charge is -2.45. The maximum Gasteiger partial charge on any atom is 0.142 e. The summed E-state index contributed by atoms with van der Waals surface area (Å²) >= 11 is 6.38. The van der Waals surface area contributed by atoms with Gasteiger partial charge in [-0.3, -0.25) is 0 Å². The van der Waals surface area contributed by atoms with Gasteiger partial charge in [0.05, 0.1) is 11.3 Å². The molecule has 0 bridgehead atoms. The van der Waals surface area contributed by atoms with Crippen molar-refractivity contribution in [3.8, 4) is 11.5 Å². The highest BCUT2D eigenvalue weighted by molar-refractivity contribution is 6.31. The topological polar surface area (TPSA) is 111 Å². The summed E-state index contributed by atoms with van der Waals surface area (Å²) in [5.74, 6) is 0.656. The average Bonchev–Trinajstić information content (AvgIpc) is 2.71. The summed E-state index contributed by atoms with van der Waals surface area (Å²) in [5.41, 5.74) is 1.83. The van der Waals surface area contributed by atoms with Gasteiger partial charge in [0.1, 0.15) is 42.5 Å². The van der Waals surface area contributed by atoms with E-state index in [0.717, 1.165) is 29.1 Å². The summed E-state index contributed by atoms with van der Waals surface area (Å²) in [7, 11) is 0. The van der Waals surface area contributed by atoms with Crippen molar-refractivity contribution < 1.29 is 29.9 Å². The quantitative estimate of drug-likeness (QED) is 0.503. The molecule has 0 radical (unpaired) electrons. The normalized spacial score (nSPS) is 27.7. The van der Waals surface area contributed by atoms with Crippen molar-refractivity contribution in [3.63, 3.8) is 0 Å². The number of phenolic OH excluding ortho intramolecular Hbond substituents is 1. The van der Waals surface area contributed by atoms with Gasteiger partial charge in [0.15, 0.2) is 0 Å². The average molecular weight is 436 g/mol. The molecule has 1 saturated heterocycles. The second-order valence-corrected chi connectivity index (χ2v) is 8.76. The summed E-state index contributed by atoms with van der Waals surface area (Å²) < 4.78 is 11.5. The van der Waals surface area contributed by atoms with E-state index in [1.807, 2.05) is 18.2 Å². The van der Waals surface area contributed by atoms with Crippen LogP contribution in [0.4, 0.5) is 5.69 Å². The van der Waals surface area contributed by atoms with E-state index >= 15 is 0 Å². The van der Waals surface area contributed by atoms with Crippen LogP contribution >= 0.6 is 11.6 Å². The van der Waals surface area contributed by atoms with E-state index in [9.17, 15) is 20.4 Å². The first kappa shape index (κ1) is 21.2. The van der Waals surface area contributed by atoms with Crippen molar-refractivity contribution in [2.45, 2.75) is 50.3 Å². The van der Waals surface area contributed by atoms with Crippen LogP contribution in [0.3, 0.4) is 0 Å². The Morgan fingerprint density at radius 3 is 2.67 bits per heavy atom. The van der Waals surface area contributed by atoms with Crippen molar-refractivity contribution in [1.29, 1.82) is 0 Å². The fourth-order valence-electron chi connectivity index (χ4n) is 4.00. The fraction of sp³-hybridized carbons (Fsp3) is 0.455. The molecule has 7 nitrogen and oxygen atoms in total. The van der Waals surface area contributed by atoms with Crippen molar-refractivity contribution >= 4 is 17.3 Å². The summed E-state index contributed by atoms with van der Waals surface area (Å²) in [6.07, 6.45) is -4.61. The van der Waals surface area contributed by atoms with Gasteiger partial charge in [0, 0.05) is 17.1 Å². The molecule has 0 amide bonds. The number of halogens is 1. The molecule has 1 fully saturated rings. The van der Waals surface area contributed by atoms with Crippen LogP contribution in [-0.2, 0) is 11.2 Å². The second-order valence-electron chi connectivity index (χ2n) is 8.35. The van der Waals surface area contributed by atoms with Crippen LogP contribution in [0.15, 0.2) is 30.3 Å². The summed E-state index contributed by atoms with van der Waals surface area (Å²) in [5, 5.41) is 45.1. The zero-order chi connectivity index (χ0) is 21.6. The number of ether oxygens (including phenoxy) is 2. The highest BCUT2D eigenvalue weighted by Crippen LogP contribution is 2.42. The fourth-order valence-corrected chi connectivity index (χ4v) is 4.22. The van der Waals surface area contributed by atoms with E-state index in [4.69, 9.17) is 21.1 Å². The molecule has 0 aliphatic carbocycles. The molecule has 30 heavy (non-hydrogen) atoms. The van der Waals surface area contributed by atoms with Crippen molar-refractivity contribution in [1.82, 2.24) is 0 Å². The zero-order valence-electron chi connectivity index (χ0n) is 16.8. The molecule has 0 saturated carbocycles. The smallest absolute Gasteiger partial charge is 0.142 e. The van der Waals surface area contributed by atoms with Gasteiger partial charge in [-0.05, 0) is 55.7 Å². The summed E-state index contributed by atoms with van der Waals surface area (Å²) in [6, 6.07) is 8.93. The predicted octanol–water partition coefficient (Wildman–Crippen LogP) is 2.37. The SMILES string of the molecule is CC1(C)O[C@@H](c2cc(Cc3ccc4c(c3)NCCO4)c(Cl)cc2O)[C@H](O)[C@@H](O)[C@@H]1O. The van der Waals surface area contributed by atoms with Crippen molar-refractivity contribution in [3.05, 3.63) is 52.0 Å². The predicted molar refractivity (Wildman–Crippen MR) is 112 cm³/mol. The molecule has 0 spiro atoms. The van der Waals surface area contributed by atoms with Gasteiger partial charge in [-0.25, -0.2) is 0 Å². The molecule has 0 unspecified atom stereocenters. The highest BCUT2D eigenvalue weighted by Gasteiger charge is 2.49. The van der Waals surface area contributed by atoms with Gasteiger partial charge in [-0.2, -0.15) is 0 Å². The maximum atomic E-state index is 10.5. The van der Waals surface area contributed by atoms with E-state index in [-0.39, 0.29) is 5.75 Å². The largest absolute Gasteiger partial charge is 0.508 e. The first-order valence-electron chi connectivity index (χ1n) is 9.90. The molecule has 4 rings (SSSR count). The van der Waals surface area contributed by atoms with E-state index < -0.39 is 30.0 Å². The van der Waals surface area contributed by atoms with Crippen LogP contribution in [0.2, 0.25) is 5.02 Å². The highest BCUT2D eigenvalue weighted by atomic mass is 35.5. The Kier molecular flexibility index (Phi) is 5.59. The molecule has 2 aromatic rings. The minimum atomic E-state index is -1.41. The number of fused-ring (bicyclic) bond motifs is 1. The first-order valence-corrected chi connectivity index (χ1v) is 10.3. The van der Waals surface area contributed by atoms with Gasteiger partial charge < -0.3 is 35.2 Å². The lowest BCUT2D eigenvalue weighted by molar-refractivity contribution is -0.259. The van der Waals surface area contributed by atoms with Crippen molar-refractivity contribution in [2.24, 2.45) is 0 Å². The summed E-state index contributed by atoms with van der Waals surface area (Å²) in [4.78, 5) is 0. The monoisotopic (exact) mass is 435 g/mol. The lowest BCUT2D eigenvalue weighted by atomic mass is 9.84. The third-order valence-corrected chi connectivity index (χ3v) is 6.09. The zero-order valence-corrected chi connectivity index (χ0v) is 17.6. The molecule has 2 heterocycles. The van der Waals surface area contributed by atoms with Gasteiger partial charge in [-0.15, -0.1) is 0 Å². The number of benzene rings is 2. The standard InChI is InChI=1S/C22H26ClNO6/c1-22(2)21(28)19(27)18(26)20(30-22)13-9-12(14(23)10-16(13)25)7-11-3-4-17-15(8-11)24-5-6-29-17/h3-4,8-10,18-21,24-28H,5-7H2,1-2H3/t18-,19-,20+,21+/m1/s1. The van der Waals surface area contributed by atoms with Crippen LogP contribution in [0.5, 0.6) is 11.5 Å². The van der Waals surface area contributed by atoms with Gasteiger partial charge in [-0.1, -0.05) is 17.7 Å². The molecule has 2 aliphatic rings. The molecule has 0 aromatic heterocycles. The molecular formula is C22H26ClNO6. The molecule has 2 aliphatic heterocycles. The minimum absolute atomic E-state index is 0.146. The number of aliphatic hydroxyl groups excluding tert-OH is 3. The number of hydrogen-bond donors (Lipinski definition) is 5. The molecule has 162 valence electrons. The third-order valence-electron chi connectivity index (χ3n) is 5.74. The molecule has 4 atom stereocenters. The third kappa shape index (κ3) is 3.84. The summed E-state index contributed by atoms with van der Waals surface area (Å²) in [6.45, 7) is 4.60. The Morgan fingerprint density at radius 2 is 1.90 bits per heavy atom. The Labute approximate surface area is 179 Å². The molecule has 8 heteroatoms.